The molecule has 134 valence electrons. The van der Waals surface area contributed by atoms with Crippen molar-refractivity contribution in [2.45, 2.75) is 32.4 Å². The second-order valence-electron chi connectivity index (χ2n) is 6.12. The van der Waals surface area contributed by atoms with Crippen molar-refractivity contribution in [2.24, 2.45) is 0 Å². The van der Waals surface area contributed by atoms with Crippen molar-refractivity contribution in [3.05, 3.63) is 29.8 Å². The molecule has 0 radical (unpaired) electrons. The molecule has 1 aliphatic rings. The summed E-state index contributed by atoms with van der Waals surface area (Å²) in [6.07, 6.45) is 1.50. The number of hydrogen-bond donors (Lipinski definition) is 1. The molecule has 6 nitrogen and oxygen atoms in total. The minimum absolute atomic E-state index is 0.0491. The van der Waals surface area contributed by atoms with Gasteiger partial charge in [-0.2, -0.15) is 0 Å². The molecule has 24 heavy (non-hydrogen) atoms. The van der Waals surface area contributed by atoms with Crippen molar-refractivity contribution in [1.82, 2.24) is 10.2 Å². The zero-order valence-corrected chi connectivity index (χ0v) is 15.1. The number of nitrogens with zero attached hydrogens (tertiary/aromatic N) is 1. The summed E-state index contributed by atoms with van der Waals surface area (Å²) >= 11 is 0. The number of para-hydroxylation sites is 1. The Morgan fingerprint density at radius 3 is 2.75 bits per heavy atom. The van der Waals surface area contributed by atoms with Crippen LogP contribution < -0.4 is 10.1 Å². The van der Waals surface area contributed by atoms with E-state index in [1.807, 2.05) is 36.1 Å². The lowest BCUT2D eigenvalue weighted by atomic mass is 10.2. The van der Waals surface area contributed by atoms with Crippen molar-refractivity contribution >= 4 is 15.7 Å². The first-order valence-electron chi connectivity index (χ1n) is 8.28. The highest BCUT2D eigenvalue weighted by Crippen LogP contribution is 2.18. The van der Waals surface area contributed by atoms with Gasteiger partial charge in [0.2, 0.25) is 5.91 Å². The lowest BCUT2D eigenvalue weighted by molar-refractivity contribution is -0.122. The third-order valence-corrected chi connectivity index (χ3v) is 6.00. The van der Waals surface area contributed by atoms with Crippen molar-refractivity contribution in [3.63, 3.8) is 0 Å². The van der Waals surface area contributed by atoms with E-state index in [0.717, 1.165) is 24.3 Å². The summed E-state index contributed by atoms with van der Waals surface area (Å²) < 4.78 is 28.6. The van der Waals surface area contributed by atoms with Crippen LogP contribution in [0.1, 0.15) is 25.3 Å². The zero-order chi connectivity index (χ0) is 17.6. The van der Waals surface area contributed by atoms with Gasteiger partial charge in [-0.25, -0.2) is 8.42 Å². The summed E-state index contributed by atoms with van der Waals surface area (Å²) in [6.45, 7) is 3.38. The van der Waals surface area contributed by atoms with Gasteiger partial charge in [0.1, 0.15) is 5.75 Å². The second-order valence-corrected chi connectivity index (χ2v) is 8.34. The monoisotopic (exact) mass is 354 g/mol. The van der Waals surface area contributed by atoms with E-state index >= 15 is 0 Å². The van der Waals surface area contributed by atoms with Crippen LogP contribution in [-0.4, -0.2) is 57.0 Å². The van der Waals surface area contributed by atoms with Crippen LogP contribution in [0.4, 0.5) is 0 Å². The normalized spacial score (nSPS) is 19.4. The van der Waals surface area contributed by atoms with Gasteiger partial charge in [0.25, 0.3) is 0 Å². The van der Waals surface area contributed by atoms with Crippen molar-refractivity contribution in [3.8, 4) is 5.75 Å². The van der Waals surface area contributed by atoms with E-state index in [1.54, 1.807) is 7.11 Å². The average molecular weight is 354 g/mol. The molecule has 1 N–H and O–H groups in total. The van der Waals surface area contributed by atoms with Gasteiger partial charge in [-0.1, -0.05) is 25.1 Å². The number of amides is 1. The number of carbonyl (C=O) groups is 1. The van der Waals surface area contributed by atoms with E-state index in [1.165, 1.54) is 0 Å². The number of rotatable bonds is 8. The van der Waals surface area contributed by atoms with E-state index in [2.05, 4.69) is 5.32 Å². The number of nitrogens with one attached hydrogen (secondary N) is 1. The van der Waals surface area contributed by atoms with E-state index in [9.17, 15) is 13.2 Å². The Bertz CT molecular complexity index is 660. The van der Waals surface area contributed by atoms with Crippen LogP contribution in [-0.2, 0) is 21.2 Å². The molecule has 2 rings (SSSR count). The molecule has 1 atom stereocenters. The van der Waals surface area contributed by atoms with Crippen LogP contribution in [0.3, 0.4) is 0 Å². The molecule has 1 fully saturated rings. The fraction of sp³-hybridized carbons (Fsp3) is 0.588. The molecule has 1 aromatic rings. The maximum Gasteiger partial charge on any atom is 0.234 e. The van der Waals surface area contributed by atoms with E-state index in [-0.39, 0.29) is 30.0 Å². The molecule has 0 spiro atoms. The smallest absolute Gasteiger partial charge is 0.234 e. The summed E-state index contributed by atoms with van der Waals surface area (Å²) in [5.41, 5.74) is 0.916. The third-order valence-electron chi connectivity index (χ3n) is 4.25. The number of hydrogen-bond acceptors (Lipinski definition) is 5. The highest BCUT2D eigenvalue weighted by Gasteiger charge is 2.32. The quantitative estimate of drug-likeness (QED) is 0.759. The standard InChI is InChI=1S/C17H26N2O4S/c1-3-9-19(15-8-10-24(21,22)13-15)12-17(20)18-11-14-6-4-5-7-16(14)23-2/h4-7,15H,3,8-13H2,1-2H3,(H,18,20). The minimum atomic E-state index is -2.95. The molecular formula is C17H26N2O4S. The van der Waals surface area contributed by atoms with Gasteiger partial charge in [0.05, 0.1) is 25.2 Å². The van der Waals surface area contributed by atoms with E-state index in [0.29, 0.717) is 13.0 Å². The lowest BCUT2D eigenvalue weighted by Gasteiger charge is -2.26. The molecular weight excluding hydrogens is 328 g/mol. The lowest BCUT2D eigenvalue weighted by Crippen LogP contribution is -2.43. The molecule has 1 saturated heterocycles. The highest BCUT2D eigenvalue weighted by atomic mass is 32.2. The van der Waals surface area contributed by atoms with Crippen LogP contribution in [0.5, 0.6) is 5.75 Å². The van der Waals surface area contributed by atoms with E-state index < -0.39 is 9.84 Å². The third kappa shape index (κ3) is 5.21. The molecule has 0 aromatic heterocycles. The Kier molecular flexibility index (Phi) is 6.62. The minimum Gasteiger partial charge on any atom is -0.496 e. The number of benzene rings is 1. The number of methoxy groups -OCH3 is 1. The summed E-state index contributed by atoms with van der Waals surface area (Å²) in [7, 11) is -1.35. The number of sulfone groups is 1. The van der Waals surface area contributed by atoms with E-state index in [4.69, 9.17) is 4.74 Å². The molecule has 0 bridgehead atoms. The molecule has 7 heteroatoms. The number of carbonyl (C=O) groups excluding carboxylic acids is 1. The van der Waals surface area contributed by atoms with Crippen molar-refractivity contribution < 1.29 is 17.9 Å². The van der Waals surface area contributed by atoms with Gasteiger partial charge >= 0.3 is 0 Å². The molecule has 0 aliphatic carbocycles. The summed E-state index contributed by atoms with van der Waals surface area (Å²) in [5, 5.41) is 2.90. The molecule has 1 unspecified atom stereocenters. The SMILES string of the molecule is CCCN(CC(=O)NCc1ccccc1OC)C1CCS(=O)(=O)C1. The first-order valence-corrected chi connectivity index (χ1v) is 10.1. The van der Waals surface area contributed by atoms with Crippen molar-refractivity contribution in [2.75, 3.05) is 31.7 Å². The van der Waals surface area contributed by atoms with Gasteiger partial charge in [0, 0.05) is 18.2 Å². The van der Waals surface area contributed by atoms with Gasteiger partial charge in [-0.15, -0.1) is 0 Å². The predicted molar refractivity (Wildman–Crippen MR) is 93.8 cm³/mol. The van der Waals surface area contributed by atoms with Gasteiger partial charge in [-0.05, 0) is 25.5 Å². The summed E-state index contributed by atoms with van der Waals surface area (Å²) in [5.74, 6) is 1.02. The maximum absolute atomic E-state index is 12.3. The highest BCUT2D eigenvalue weighted by molar-refractivity contribution is 7.91. The predicted octanol–water partition coefficient (Wildman–Crippen LogP) is 1.21. The molecule has 1 aliphatic heterocycles. The first kappa shape index (κ1) is 18.7. The Hall–Kier alpha value is -1.60. The van der Waals surface area contributed by atoms with Crippen LogP contribution in [0, 0.1) is 0 Å². The van der Waals surface area contributed by atoms with Crippen LogP contribution >= 0.6 is 0 Å². The van der Waals surface area contributed by atoms with Crippen LogP contribution in [0.25, 0.3) is 0 Å². The summed E-state index contributed by atoms with van der Waals surface area (Å²) in [4.78, 5) is 14.3. The zero-order valence-electron chi connectivity index (χ0n) is 14.3. The van der Waals surface area contributed by atoms with Gasteiger partial charge in [-0.3, -0.25) is 9.69 Å². The van der Waals surface area contributed by atoms with Crippen molar-refractivity contribution in [1.29, 1.82) is 0 Å². The first-order chi connectivity index (χ1) is 11.4. The van der Waals surface area contributed by atoms with Crippen LogP contribution in [0.2, 0.25) is 0 Å². The fourth-order valence-corrected chi connectivity index (χ4v) is 4.79. The number of ether oxygens (including phenoxy) is 1. The largest absolute Gasteiger partial charge is 0.496 e. The Morgan fingerprint density at radius 2 is 2.12 bits per heavy atom. The fourth-order valence-electron chi connectivity index (χ4n) is 3.02. The molecule has 1 aromatic carbocycles. The topological polar surface area (TPSA) is 75.7 Å². The average Bonchev–Trinajstić information content (AvgIpc) is 2.92. The Balaban J connectivity index is 1.91. The van der Waals surface area contributed by atoms with Gasteiger partial charge in [0.15, 0.2) is 9.84 Å². The molecule has 1 heterocycles. The Labute approximate surface area is 144 Å². The second kappa shape index (κ2) is 8.48. The van der Waals surface area contributed by atoms with Gasteiger partial charge < -0.3 is 10.1 Å². The maximum atomic E-state index is 12.3. The Morgan fingerprint density at radius 1 is 1.38 bits per heavy atom. The molecule has 0 saturated carbocycles. The molecule has 1 amide bonds. The van der Waals surface area contributed by atoms with Crippen LogP contribution in [0.15, 0.2) is 24.3 Å². The summed E-state index contributed by atoms with van der Waals surface area (Å²) in [6, 6.07) is 7.50.